The third kappa shape index (κ3) is 6.97. The highest BCUT2D eigenvalue weighted by Crippen LogP contribution is 2.15. The van der Waals surface area contributed by atoms with Crippen molar-refractivity contribution in [2.75, 3.05) is 26.2 Å². The molecule has 0 aromatic heterocycles. The molecule has 0 aromatic rings. The van der Waals surface area contributed by atoms with Gasteiger partial charge in [-0.3, -0.25) is 4.79 Å². The second-order valence-corrected chi connectivity index (χ2v) is 5.53. The lowest BCUT2D eigenvalue weighted by Gasteiger charge is -2.22. The fourth-order valence-electron chi connectivity index (χ4n) is 2.36. The van der Waals surface area contributed by atoms with E-state index in [4.69, 9.17) is 5.11 Å². The molecule has 4 nitrogen and oxygen atoms in total. The zero-order valence-electron chi connectivity index (χ0n) is 11.6. The summed E-state index contributed by atoms with van der Waals surface area (Å²) in [6, 6.07) is 0. The number of aliphatic hydroxyl groups excluding tert-OH is 1. The van der Waals surface area contributed by atoms with Gasteiger partial charge < -0.3 is 15.7 Å². The van der Waals surface area contributed by atoms with Crippen molar-refractivity contribution in [1.29, 1.82) is 0 Å². The van der Waals surface area contributed by atoms with Gasteiger partial charge in [0.15, 0.2) is 0 Å². The Morgan fingerprint density at radius 3 is 3.06 bits per heavy atom. The van der Waals surface area contributed by atoms with Crippen LogP contribution in [0.3, 0.4) is 0 Å². The van der Waals surface area contributed by atoms with Crippen molar-refractivity contribution < 1.29 is 9.90 Å². The summed E-state index contributed by atoms with van der Waals surface area (Å²) in [5.41, 5.74) is 0. The molecule has 1 heterocycles. The molecule has 2 unspecified atom stereocenters. The SMILES string of the molecule is CC(CO)CCCNC(=O)CCC1CCCNC1. The van der Waals surface area contributed by atoms with Gasteiger partial charge in [0.05, 0.1) is 0 Å². The number of piperidine rings is 1. The van der Waals surface area contributed by atoms with E-state index >= 15 is 0 Å². The standard InChI is InChI=1S/C14H28N2O2/c1-12(11-17)4-2-9-16-14(18)7-6-13-5-3-8-15-10-13/h12-13,15,17H,2-11H2,1H3,(H,16,18). The summed E-state index contributed by atoms with van der Waals surface area (Å²) in [7, 11) is 0. The van der Waals surface area contributed by atoms with Gasteiger partial charge >= 0.3 is 0 Å². The van der Waals surface area contributed by atoms with Gasteiger partial charge in [0.1, 0.15) is 0 Å². The number of carbonyl (C=O) groups excluding carboxylic acids is 1. The average Bonchev–Trinajstić information content (AvgIpc) is 2.42. The molecule has 1 fully saturated rings. The van der Waals surface area contributed by atoms with Crippen LogP contribution in [0.4, 0.5) is 0 Å². The molecule has 106 valence electrons. The summed E-state index contributed by atoms with van der Waals surface area (Å²) in [5.74, 6) is 1.20. The monoisotopic (exact) mass is 256 g/mol. The molecule has 3 N–H and O–H groups in total. The van der Waals surface area contributed by atoms with E-state index in [1.165, 1.54) is 12.8 Å². The molecular weight excluding hydrogens is 228 g/mol. The molecule has 0 bridgehead atoms. The molecular formula is C14H28N2O2. The van der Waals surface area contributed by atoms with E-state index in [2.05, 4.69) is 10.6 Å². The van der Waals surface area contributed by atoms with E-state index in [0.717, 1.165) is 38.9 Å². The highest BCUT2D eigenvalue weighted by molar-refractivity contribution is 5.75. The highest BCUT2D eigenvalue weighted by atomic mass is 16.3. The van der Waals surface area contributed by atoms with E-state index in [0.29, 0.717) is 18.3 Å². The van der Waals surface area contributed by atoms with Gasteiger partial charge in [0.25, 0.3) is 0 Å². The van der Waals surface area contributed by atoms with Crippen LogP contribution in [0.15, 0.2) is 0 Å². The minimum atomic E-state index is 0.178. The fourth-order valence-corrected chi connectivity index (χ4v) is 2.36. The minimum absolute atomic E-state index is 0.178. The Hall–Kier alpha value is -0.610. The van der Waals surface area contributed by atoms with Gasteiger partial charge in [-0.05, 0) is 57.0 Å². The quantitative estimate of drug-likeness (QED) is 0.574. The van der Waals surface area contributed by atoms with Crippen molar-refractivity contribution in [2.24, 2.45) is 11.8 Å². The topological polar surface area (TPSA) is 61.4 Å². The molecule has 0 saturated carbocycles. The molecule has 2 atom stereocenters. The van der Waals surface area contributed by atoms with Gasteiger partial charge in [0.2, 0.25) is 5.91 Å². The predicted molar refractivity (Wildman–Crippen MR) is 73.3 cm³/mol. The van der Waals surface area contributed by atoms with E-state index in [1.807, 2.05) is 6.92 Å². The molecule has 1 amide bonds. The van der Waals surface area contributed by atoms with Crippen molar-refractivity contribution in [3.05, 3.63) is 0 Å². The van der Waals surface area contributed by atoms with Crippen LogP contribution in [0.1, 0.15) is 45.4 Å². The van der Waals surface area contributed by atoms with E-state index < -0.39 is 0 Å². The first-order valence-corrected chi connectivity index (χ1v) is 7.30. The maximum Gasteiger partial charge on any atom is 0.220 e. The lowest BCUT2D eigenvalue weighted by atomic mass is 9.94. The maximum absolute atomic E-state index is 11.6. The molecule has 1 saturated heterocycles. The van der Waals surface area contributed by atoms with Crippen molar-refractivity contribution >= 4 is 5.91 Å². The van der Waals surface area contributed by atoms with Gasteiger partial charge in [0, 0.05) is 19.6 Å². The number of aliphatic hydroxyl groups is 1. The smallest absolute Gasteiger partial charge is 0.220 e. The number of rotatable bonds is 8. The van der Waals surface area contributed by atoms with Crippen LogP contribution in [0.25, 0.3) is 0 Å². The zero-order valence-corrected chi connectivity index (χ0v) is 11.6. The first-order chi connectivity index (χ1) is 8.72. The first kappa shape index (κ1) is 15.4. The molecule has 18 heavy (non-hydrogen) atoms. The Bertz CT molecular complexity index is 228. The highest BCUT2D eigenvalue weighted by Gasteiger charge is 2.14. The summed E-state index contributed by atoms with van der Waals surface area (Å²) in [5, 5.41) is 15.2. The Morgan fingerprint density at radius 1 is 1.56 bits per heavy atom. The average molecular weight is 256 g/mol. The largest absolute Gasteiger partial charge is 0.396 e. The Morgan fingerprint density at radius 2 is 2.39 bits per heavy atom. The number of nitrogens with one attached hydrogen (secondary N) is 2. The van der Waals surface area contributed by atoms with Crippen LogP contribution >= 0.6 is 0 Å². The lowest BCUT2D eigenvalue weighted by Crippen LogP contribution is -2.31. The second-order valence-electron chi connectivity index (χ2n) is 5.53. The molecule has 0 spiro atoms. The molecule has 0 aromatic carbocycles. The van der Waals surface area contributed by atoms with Crippen LogP contribution in [-0.4, -0.2) is 37.3 Å². The van der Waals surface area contributed by atoms with E-state index in [-0.39, 0.29) is 12.5 Å². The third-order valence-electron chi connectivity index (χ3n) is 3.69. The van der Waals surface area contributed by atoms with Crippen LogP contribution in [0.5, 0.6) is 0 Å². The molecule has 1 rings (SSSR count). The Kier molecular flexibility index (Phi) is 8.01. The van der Waals surface area contributed by atoms with Gasteiger partial charge in [-0.1, -0.05) is 6.92 Å². The van der Waals surface area contributed by atoms with Crippen LogP contribution in [0, 0.1) is 11.8 Å². The minimum Gasteiger partial charge on any atom is -0.396 e. The maximum atomic E-state index is 11.6. The van der Waals surface area contributed by atoms with Crippen molar-refractivity contribution in [3.63, 3.8) is 0 Å². The Balaban J connectivity index is 1.96. The van der Waals surface area contributed by atoms with Crippen molar-refractivity contribution in [2.45, 2.75) is 45.4 Å². The second kappa shape index (κ2) is 9.34. The van der Waals surface area contributed by atoms with Crippen LogP contribution in [-0.2, 0) is 4.79 Å². The molecule has 4 heteroatoms. The lowest BCUT2D eigenvalue weighted by molar-refractivity contribution is -0.121. The number of hydrogen-bond donors (Lipinski definition) is 3. The normalized spacial score (nSPS) is 21.6. The van der Waals surface area contributed by atoms with Crippen LogP contribution in [0.2, 0.25) is 0 Å². The number of amides is 1. The summed E-state index contributed by atoms with van der Waals surface area (Å²) in [6.45, 7) is 5.21. The summed E-state index contributed by atoms with van der Waals surface area (Å²) in [6.07, 6.45) is 6.09. The van der Waals surface area contributed by atoms with Crippen molar-refractivity contribution in [1.82, 2.24) is 10.6 Å². The summed E-state index contributed by atoms with van der Waals surface area (Å²) in [4.78, 5) is 11.6. The summed E-state index contributed by atoms with van der Waals surface area (Å²) < 4.78 is 0. The third-order valence-corrected chi connectivity index (χ3v) is 3.69. The van der Waals surface area contributed by atoms with E-state index in [1.54, 1.807) is 0 Å². The molecule has 1 aliphatic heterocycles. The van der Waals surface area contributed by atoms with Crippen molar-refractivity contribution in [3.8, 4) is 0 Å². The van der Waals surface area contributed by atoms with Gasteiger partial charge in [-0.2, -0.15) is 0 Å². The van der Waals surface area contributed by atoms with Gasteiger partial charge in [-0.15, -0.1) is 0 Å². The molecule has 1 aliphatic rings. The Labute approximate surface area is 111 Å². The van der Waals surface area contributed by atoms with E-state index in [9.17, 15) is 4.79 Å². The molecule has 0 aliphatic carbocycles. The fraction of sp³-hybridized carbons (Fsp3) is 0.929. The predicted octanol–water partition coefficient (Wildman–Crippen LogP) is 1.29. The van der Waals surface area contributed by atoms with Crippen LogP contribution < -0.4 is 10.6 Å². The number of hydrogen-bond acceptors (Lipinski definition) is 3. The zero-order chi connectivity index (χ0) is 13.2. The number of carbonyl (C=O) groups is 1. The first-order valence-electron chi connectivity index (χ1n) is 7.30. The molecule has 0 radical (unpaired) electrons. The van der Waals surface area contributed by atoms with Gasteiger partial charge in [-0.25, -0.2) is 0 Å². The summed E-state index contributed by atoms with van der Waals surface area (Å²) >= 11 is 0.